The van der Waals surface area contributed by atoms with Gasteiger partial charge < -0.3 is 15.4 Å². The highest BCUT2D eigenvalue weighted by Crippen LogP contribution is 2.38. The van der Waals surface area contributed by atoms with Crippen molar-refractivity contribution in [3.8, 4) is 17.0 Å². The second-order valence-corrected chi connectivity index (χ2v) is 12.1. The molecule has 1 atom stereocenters. The first-order valence-electron chi connectivity index (χ1n) is 14.4. The van der Waals surface area contributed by atoms with Crippen molar-refractivity contribution in [2.75, 3.05) is 64.8 Å². The van der Waals surface area contributed by atoms with E-state index in [1.165, 1.54) is 55.4 Å². The zero-order chi connectivity index (χ0) is 27.2. The lowest BCUT2D eigenvalue weighted by Gasteiger charge is -2.39. The van der Waals surface area contributed by atoms with E-state index in [0.717, 1.165) is 56.2 Å². The molecule has 1 aromatic carbocycles. The van der Waals surface area contributed by atoms with Gasteiger partial charge in [-0.05, 0) is 61.8 Å². The molecule has 39 heavy (non-hydrogen) atoms. The van der Waals surface area contributed by atoms with E-state index in [9.17, 15) is 9.59 Å². The van der Waals surface area contributed by atoms with Gasteiger partial charge >= 0.3 is 6.03 Å². The number of carbonyl (C=O) groups excluding carboxylic acids is 2. The molecule has 1 aromatic heterocycles. The number of amides is 3. The fraction of sp³-hybridized carbons (Fsp3) is 0.621. The number of aromatic nitrogens is 1. The van der Waals surface area contributed by atoms with Gasteiger partial charge in [0.25, 0.3) is 0 Å². The number of ether oxygens (including phenoxy) is 1. The number of nitrogens with one attached hydrogen (secondary N) is 1. The predicted octanol–water partition coefficient (Wildman–Crippen LogP) is 4.21. The SMILES string of the molecule is COc1ccc(C2CCCCC2)cc1-c1csc(NC(=O)N2CCN(C[C@@H]3CCCN(CC(N)=O)C3)CC2)n1. The van der Waals surface area contributed by atoms with Crippen LogP contribution in [0, 0.1) is 5.92 Å². The molecule has 3 fully saturated rings. The minimum atomic E-state index is -0.255. The van der Waals surface area contributed by atoms with Gasteiger partial charge in [-0.3, -0.25) is 19.9 Å². The third-order valence-electron chi connectivity index (χ3n) is 8.45. The van der Waals surface area contributed by atoms with Crippen LogP contribution in [-0.2, 0) is 4.79 Å². The monoisotopic (exact) mass is 554 g/mol. The number of anilines is 1. The lowest BCUT2D eigenvalue weighted by atomic mass is 9.83. The lowest BCUT2D eigenvalue weighted by molar-refractivity contribution is -0.119. The van der Waals surface area contributed by atoms with Gasteiger partial charge in [0.05, 0.1) is 19.3 Å². The maximum atomic E-state index is 13.0. The number of primary amides is 1. The maximum absolute atomic E-state index is 13.0. The molecule has 5 rings (SSSR count). The summed E-state index contributed by atoms with van der Waals surface area (Å²) in [5.74, 6) is 1.70. The second-order valence-electron chi connectivity index (χ2n) is 11.3. The van der Waals surface area contributed by atoms with Gasteiger partial charge in [0.1, 0.15) is 5.75 Å². The number of nitrogens with two attached hydrogens (primary N) is 1. The van der Waals surface area contributed by atoms with Crippen LogP contribution in [0.2, 0.25) is 0 Å². The van der Waals surface area contributed by atoms with Crippen molar-refractivity contribution in [2.24, 2.45) is 11.7 Å². The Labute approximate surface area is 235 Å². The molecule has 212 valence electrons. The molecular weight excluding hydrogens is 512 g/mol. The Balaban J connectivity index is 1.13. The van der Waals surface area contributed by atoms with Crippen molar-refractivity contribution in [1.82, 2.24) is 19.7 Å². The third-order valence-corrected chi connectivity index (χ3v) is 9.21. The van der Waals surface area contributed by atoms with Crippen molar-refractivity contribution >= 4 is 28.4 Å². The maximum Gasteiger partial charge on any atom is 0.323 e. The number of piperazine rings is 1. The van der Waals surface area contributed by atoms with Crippen LogP contribution in [0.3, 0.4) is 0 Å². The summed E-state index contributed by atoms with van der Waals surface area (Å²) in [4.78, 5) is 35.6. The highest BCUT2D eigenvalue weighted by molar-refractivity contribution is 7.14. The average molecular weight is 555 g/mol. The Kier molecular flexibility index (Phi) is 9.36. The Bertz CT molecular complexity index is 1130. The first kappa shape index (κ1) is 27.9. The molecule has 3 N–H and O–H groups in total. The van der Waals surface area contributed by atoms with Crippen LogP contribution in [0.25, 0.3) is 11.3 Å². The van der Waals surface area contributed by atoms with E-state index in [1.54, 1.807) is 7.11 Å². The van der Waals surface area contributed by atoms with E-state index < -0.39 is 0 Å². The molecule has 1 saturated carbocycles. The normalized spacial score (nSPS) is 21.6. The number of likely N-dealkylation sites (tertiary alicyclic amines) is 1. The van der Waals surface area contributed by atoms with Crippen molar-refractivity contribution in [3.05, 3.63) is 29.1 Å². The number of nitrogens with zero attached hydrogens (tertiary/aromatic N) is 4. The van der Waals surface area contributed by atoms with Gasteiger partial charge in [-0.15, -0.1) is 11.3 Å². The van der Waals surface area contributed by atoms with E-state index in [2.05, 4.69) is 33.3 Å². The van der Waals surface area contributed by atoms with Crippen molar-refractivity contribution in [2.45, 2.75) is 50.9 Å². The van der Waals surface area contributed by atoms with E-state index in [0.29, 0.717) is 36.6 Å². The first-order valence-corrected chi connectivity index (χ1v) is 15.3. The molecule has 1 aliphatic carbocycles. The van der Waals surface area contributed by atoms with E-state index in [4.69, 9.17) is 15.5 Å². The number of piperidine rings is 1. The van der Waals surface area contributed by atoms with Gasteiger partial charge in [0, 0.05) is 50.2 Å². The molecular formula is C29H42N6O3S. The summed E-state index contributed by atoms with van der Waals surface area (Å²) in [5.41, 5.74) is 8.57. The van der Waals surface area contributed by atoms with Crippen LogP contribution in [0.4, 0.5) is 9.93 Å². The average Bonchev–Trinajstić information content (AvgIpc) is 3.41. The molecule has 0 bridgehead atoms. The number of thiazole rings is 1. The van der Waals surface area contributed by atoms with Crippen molar-refractivity contribution in [1.29, 1.82) is 0 Å². The molecule has 2 aliphatic heterocycles. The van der Waals surface area contributed by atoms with E-state index >= 15 is 0 Å². The van der Waals surface area contributed by atoms with Crippen LogP contribution in [0.15, 0.2) is 23.6 Å². The molecule has 0 radical (unpaired) electrons. The number of hydrogen-bond donors (Lipinski definition) is 2. The Morgan fingerprint density at radius 3 is 2.59 bits per heavy atom. The van der Waals surface area contributed by atoms with Crippen LogP contribution < -0.4 is 15.8 Å². The Hall–Kier alpha value is -2.69. The Morgan fingerprint density at radius 1 is 1.05 bits per heavy atom. The second kappa shape index (κ2) is 13.1. The number of rotatable bonds is 8. The molecule has 9 nitrogen and oxygen atoms in total. The molecule has 3 amide bonds. The summed E-state index contributed by atoms with van der Waals surface area (Å²) < 4.78 is 5.66. The number of carbonyl (C=O) groups is 2. The van der Waals surface area contributed by atoms with Crippen molar-refractivity contribution < 1.29 is 14.3 Å². The van der Waals surface area contributed by atoms with E-state index in [1.807, 2.05) is 10.3 Å². The zero-order valence-corrected chi connectivity index (χ0v) is 23.9. The number of methoxy groups -OCH3 is 1. The lowest BCUT2D eigenvalue weighted by Crippen LogP contribution is -2.52. The zero-order valence-electron chi connectivity index (χ0n) is 23.1. The molecule has 3 aliphatic rings. The Morgan fingerprint density at radius 2 is 1.85 bits per heavy atom. The summed E-state index contributed by atoms with van der Waals surface area (Å²) in [6.07, 6.45) is 8.69. The van der Waals surface area contributed by atoms with Crippen LogP contribution in [0.1, 0.15) is 56.4 Å². The summed E-state index contributed by atoms with van der Waals surface area (Å²) in [6, 6.07) is 6.38. The molecule has 2 aromatic rings. The topological polar surface area (TPSA) is 104 Å². The van der Waals surface area contributed by atoms with Crippen LogP contribution in [-0.4, -0.2) is 91.1 Å². The van der Waals surface area contributed by atoms with Gasteiger partial charge in [0.2, 0.25) is 5.91 Å². The summed E-state index contributed by atoms with van der Waals surface area (Å²) in [6.45, 7) is 6.32. The molecule has 0 unspecified atom stereocenters. The summed E-state index contributed by atoms with van der Waals surface area (Å²) >= 11 is 1.45. The quantitative estimate of drug-likeness (QED) is 0.507. The fourth-order valence-electron chi connectivity index (χ4n) is 6.40. The predicted molar refractivity (Wildman–Crippen MR) is 155 cm³/mol. The molecule has 10 heteroatoms. The molecule has 2 saturated heterocycles. The van der Waals surface area contributed by atoms with Crippen LogP contribution >= 0.6 is 11.3 Å². The molecule has 0 spiro atoms. The summed E-state index contributed by atoms with van der Waals surface area (Å²) in [7, 11) is 1.69. The first-order chi connectivity index (χ1) is 19.0. The van der Waals surface area contributed by atoms with Gasteiger partial charge in [-0.2, -0.15) is 0 Å². The van der Waals surface area contributed by atoms with Crippen molar-refractivity contribution in [3.63, 3.8) is 0 Å². The fourth-order valence-corrected chi connectivity index (χ4v) is 7.10. The van der Waals surface area contributed by atoms with Gasteiger partial charge in [-0.25, -0.2) is 9.78 Å². The van der Waals surface area contributed by atoms with Gasteiger partial charge in [0.15, 0.2) is 5.13 Å². The highest BCUT2D eigenvalue weighted by Gasteiger charge is 2.27. The minimum Gasteiger partial charge on any atom is -0.496 e. The van der Waals surface area contributed by atoms with Crippen LogP contribution in [0.5, 0.6) is 5.75 Å². The summed E-state index contributed by atoms with van der Waals surface area (Å²) in [5, 5.41) is 5.63. The smallest absolute Gasteiger partial charge is 0.323 e. The molecule has 3 heterocycles. The highest BCUT2D eigenvalue weighted by atomic mass is 32.1. The third kappa shape index (κ3) is 7.29. The number of benzene rings is 1. The van der Waals surface area contributed by atoms with E-state index in [-0.39, 0.29) is 11.9 Å². The number of urea groups is 1. The minimum absolute atomic E-state index is 0.0937. The van der Waals surface area contributed by atoms with Gasteiger partial charge in [-0.1, -0.05) is 25.3 Å². The number of hydrogen-bond acceptors (Lipinski definition) is 7. The standard InChI is InChI=1S/C29H42N6O3S/c1-38-26-10-9-23(22-7-3-2-4-8-22)16-24(26)25-20-39-28(31-25)32-29(37)35-14-12-33(13-15-35)17-21-6-5-11-34(18-21)19-27(30)36/h9-10,16,20-22H,2-8,11-15,17-19H2,1H3,(H2,30,36)(H,31,32,37)/t21-/m0/s1. The largest absolute Gasteiger partial charge is 0.496 e.